The third-order valence-corrected chi connectivity index (χ3v) is 3.11. The number of ether oxygens (including phenoxy) is 1. The van der Waals surface area contributed by atoms with Gasteiger partial charge in [-0.3, -0.25) is 4.79 Å². The van der Waals surface area contributed by atoms with Gasteiger partial charge < -0.3 is 10.5 Å². The molecule has 0 saturated heterocycles. The molecular formula is C14H21NO2. The Morgan fingerprint density at radius 2 is 1.82 bits per heavy atom. The second-order valence-electron chi connectivity index (χ2n) is 4.54. The van der Waals surface area contributed by atoms with Crippen molar-refractivity contribution in [2.45, 2.75) is 27.2 Å². The van der Waals surface area contributed by atoms with Gasteiger partial charge in [-0.15, -0.1) is 0 Å². The molecule has 0 heterocycles. The summed E-state index contributed by atoms with van der Waals surface area (Å²) < 4.78 is 4.76. The van der Waals surface area contributed by atoms with E-state index in [2.05, 4.69) is 32.9 Å². The van der Waals surface area contributed by atoms with Crippen molar-refractivity contribution in [1.82, 2.24) is 0 Å². The molecule has 1 aromatic rings. The summed E-state index contributed by atoms with van der Waals surface area (Å²) in [7, 11) is 1.40. The number of nitrogens with two attached hydrogens (primary N) is 1. The summed E-state index contributed by atoms with van der Waals surface area (Å²) in [5.74, 6) is -0.480. The number of rotatable bonds is 4. The van der Waals surface area contributed by atoms with E-state index < -0.39 is 0 Å². The molecule has 0 aliphatic heterocycles. The van der Waals surface area contributed by atoms with Crippen LogP contribution in [-0.4, -0.2) is 19.6 Å². The minimum absolute atomic E-state index is 0.230. The van der Waals surface area contributed by atoms with Gasteiger partial charge in [0.25, 0.3) is 0 Å². The van der Waals surface area contributed by atoms with Gasteiger partial charge in [-0.05, 0) is 43.9 Å². The minimum atomic E-state index is -0.250. The number of benzene rings is 1. The first-order valence-corrected chi connectivity index (χ1v) is 5.84. The maximum Gasteiger partial charge on any atom is 0.310 e. The Hall–Kier alpha value is -1.35. The average Bonchev–Trinajstić information content (AvgIpc) is 2.27. The van der Waals surface area contributed by atoms with Crippen LogP contribution >= 0.6 is 0 Å². The number of aryl methyl sites for hydroxylation is 3. The molecule has 3 nitrogen and oxygen atoms in total. The second-order valence-corrected chi connectivity index (χ2v) is 4.54. The van der Waals surface area contributed by atoms with Gasteiger partial charge in [0.1, 0.15) is 0 Å². The van der Waals surface area contributed by atoms with Crippen LogP contribution in [0.15, 0.2) is 12.1 Å². The molecule has 0 amide bonds. The van der Waals surface area contributed by atoms with Gasteiger partial charge in [-0.25, -0.2) is 0 Å². The maximum absolute atomic E-state index is 11.5. The molecule has 2 N–H and O–H groups in total. The Labute approximate surface area is 103 Å². The Morgan fingerprint density at radius 3 is 2.24 bits per heavy atom. The molecule has 0 aliphatic carbocycles. The lowest BCUT2D eigenvalue weighted by Crippen LogP contribution is -2.27. The van der Waals surface area contributed by atoms with E-state index in [1.54, 1.807) is 0 Å². The van der Waals surface area contributed by atoms with E-state index >= 15 is 0 Å². The van der Waals surface area contributed by atoms with Gasteiger partial charge >= 0.3 is 5.97 Å². The zero-order valence-electron chi connectivity index (χ0n) is 11.0. The van der Waals surface area contributed by atoms with Gasteiger partial charge in [0.2, 0.25) is 0 Å². The van der Waals surface area contributed by atoms with Crippen LogP contribution in [0.4, 0.5) is 0 Å². The third-order valence-electron chi connectivity index (χ3n) is 3.11. The van der Waals surface area contributed by atoms with Crippen LogP contribution in [-0.2, 0) is 16.0 Å². The van der Waals surface area contributed by atoms with Crippen LogP contribution in [0.25, 0.3) is 0 Å². The highest BCUT2D eigenvalue weighted by atomic mass is 16.5. The third kappa shape index (κ3) is 3.30. The molecule has 0 fully saturated rings. The quantitative estimate of drug-likeness (QED) is 0.811. The van der Waals surface area contributed by atoms with Crippen molar-refractivity contribution >= 4 is 5.97 Å². The Balaban J connectivity index is 2.98. The Morgan fingerprint density at radius 1 is 1.29 bits per heavy atom. The van der Waals surface area contributed by atoms with Crippen molar-refractivity contribution in [3.8, 4) is 0 Å². The van der Waals surface area contributed by atoms with E-state index in [0.29, 0.717) is 13.0 Å². The number of esters is 1. The number of methoxy groups -OCH3 is 1. The lowest BCUT2D eigenvalue weighted by molar-refractivity contribution is -0.145. The van der Waals surface area contributed by atoms with Gasteiger partial charge in [-0.2, -0.15) is 0 Å². The molecule has 17 heavy (non-hydrogen) atoms. The predicted octanol–water partition coefficient (Wildman–Crippen LogP) is 1.90. The Bertz CT molecular complexity index is 390. The van der Waals surface area contributed by atoms with Crippen LogP contribution in [0.5, 0.6) is 0 Å². The fraction of sp³-hybridized carbons (Fsp3) is 0.500. The van der Waals surface area contributed by atoms with Gasteiger partial charge in [0, 0.05) is 6.54 Å². The predicted molar refractivity (Wildman–Crippen MR) is 68.9 cm³/mol. The lowest BCUT2D eigenvalue weighted by Gasteiger charge is -2.16. The van der Waals surface area contributed by atoms with E-state index in [1.165, 1.54) is 29.4 Å². The molecule has 94 valence electrons. The standard InChI is InChI=1S/C14H21NO2/c1-9-5-10(2)13(11(3)6-9)7-12(8-15)14(16)17-4/h5-6,12H,7-8,15H2,1-4H3. The van der Waals surface area contributed by atoms with Crippen molar-refractivity contribution in [2.75, 3.05) is 13.7 Å². The monoisotopic (exact) mass is 235 g/mol. The van der Waals surface area contributed by atoms with E-state index in [0.717, 1.165) is 0 Å². The van der Waals surface area contributed by atoms with Crippen molar-refractivity contribution < 1.29 is 9.53 Å². The number of hydrogen-bond donors (Lipinski definition) is 1. The van der Waals surface area contributed by atoms with Crippen LogP contribution in [0.1, 0.15) is 22.3 Å². The van der Waals surface area contributed by atoms with Crippen molar-refractivity contribution in [3.63, 3.8) is 0 Å². The highest BCUT2D eigenvalue weighted by Gasteiger charge is 2.19. The lowest BCUT2D eigenvalue weighted by atomic mass is 9.91. The SMILES string of the molecule is COC(=O)C(CN)Cc1c(C)cc(C)cc1C. The zero-order valence-corrected chi connectivity index (χ0v) is 11.0. The van der Waals surface area contributed by atoms with Gasteiger partial charge in [0.05, 0.1) is 13.0 Å². The van der Waals surface area contributed by atoms with Crippen LogP contribution in [0.3, 0.4) is 0 Å². The largest absolute Gasteiger partial charge is 0.469 e. The molecule has 0 spiro atoms. The molecule has 1 aromatic carbocycles. The molecule has 1 unspecified atom stereocenters. The summed E-state index contributed by atoms with van der Waals surface area (Å²) in [6.45, 7) is 6.53. The highest BCUT2D eigenvalue weighted by molar-refractivity contribution is 5.73. The first kappa shape index (κ1) is 13.7. The van der Waals surface area contributed by atoms with E-state index in [1.807, 2.05) is 0 Å². The summed E-state index contributed by atoms with van der Waals surface area (Å²) >= 11 is 0. The molecule has 1 atom stereocenters. The normalized spacial score (nSPS) is 12.3. The van der Waals surface area contributed by atoms with Crippen LogP contribution < -0.4 is 5.73 Å². The van der Waals surface area contributed by atoms with Crippen molar-refractivity contribution in [2.24, 2.45) is 11.7 Å². The first-order chi connectivity index (χ1) is 7.99. The summed E-state index contributed by atoms with van der Waals surface area (Å²) in [5.41, 5.74) is 10.5. The van der Waals surface area contributed by atoms with Crippen LogP contribution in [0, 0.1) is 26.7 Å². The fourth-order valence-corrected chi connectivity index (χ4v) is 2.21. The summed E-state index contributed by atoms with van der Waals surface area (Å²) in [6.07, 6.45) is 0.654. The molecule has 0 aliphatic rings. The molecule has 0 saturated carbocycles. The number of carbonyl (C=O) groups is 1. The smallest absolute Gasteiger partial charge is 0.310 e. The highest BCUT2D eigenvalue weighted by Crippen LogP contribution is 2.20. The van der Waals surface area contributed by atoms with Crippen LogP contribution in [0.2, 0.25) is 0 Å². The van der Waals surface area contributed by atoms with Gasteiger partial charge in [-0.1, -0.05) is 17.7 Å². The molecular weight excluding hydrogens is 214 g/mol. The number of carbonyl (C=O) groups excluding carboxylic acids is 1. The minimum Gasteiger partial charge on any atom is -0.469 e. The average molecular weight is 235 g/mol. The van der Waals surface area contributed by atoms with E-state index in [4.69, 9.17) is 10.5 Å². The molecule has 1 rings (SSSR count). The first-order valence-electron chi connectivity index (χ1n) is 5.84. The number of hydrogen-bond acceptors (Lipinski definition) is 3. The molecule has 0 aromatic heterocycles. The summed E-state index contributed by atoms with van der Waals surface area (Å²) in [6, 6.07) is 4.26. The summed E-state index contributed by atoms with van der Waals surface area (Å²) in [4.78, 5) is 11.5. The van der Waals surface area contributed by atoms with Gasteiger partial charge in [0.15, 0.2) is 0 Å². The van der Waals surface area contributed by atoms with Crippen molar-refractivity contribution in [1.29, 1.82) is 0 Å². The maximum atomic E-state index is 11.5. The fourth-order valence-electron chi connectivity index (χ4n) is 2.21. The van der Waals surface area contributed by atoms with Crippen molar-refractivity contribution in [3.05, 3.63) is 34.4 Å². The molecule has 0 radical (unpaired) electrons. The summed E-state index contributed by atoms with van der Waals surface area (Å²) in [5, 5.41) is 0. The van der Waals surface area contributed by atoms with E-state index in [-0.39, 0.29) is 11.9 Å². The zero-order chi connectivity index (χ0) is 13.0. The topological polar surface area (TPSA) is 52.3 Å². The second kappa shape index (κ2) is 5.82. The molecule has 0 bridgehead atoms. The Kier molecular flexibility index (Phi) is 4.70. The van der Waals surface area contributed by atoms with E-state index in [9.17, 15) is 4.79 Å². The molecule has 3 heteroatoms.